The molecule has 1 amide bonds. The Bertz CT molecular complexity index is 1540. The van der Waals surface area contributed by atoms with Crippen LogP contribution in [0.3, 0.4) is 0 Å². The number of anilines is 1. The van der Waals surface area contributed by atoms with E-state index in [9.17, 15) is 4.79 Å². The molecule has 0 aliphatic carbocycles. The van der Waals surface area contributed by atoms with Crippen LogP contribution in [0.1, 0.15) is 54.5 Å². The molecule has 0 saturated carbocycles. The number of nitrogens with zero attached hydrogens (tertiary/aromatic N) is 5. The second kappa shape index (κ2) is 9.66. The van der Waals surface area contributed by atoms with Gasteiger partial charge in [0.05, 0.1) is 11.0 Å². The quantitative estimate of drug-likeness (QED) is 0.306. The number of nitrogen functional groups attached to an aromatic ring is 1. The highest BCUT2D eigenvalue weighted by molar-refractivity contribution is 6.04. The summed E-state index contributed by atoms with van der Waals surface area (Å²) in [7, 11) is 0. The molecule has 0 fully saturated rings. The minimum absolute atomic E-state index is 0.429. The van der Waals surface area contributed by atoms with E-state index in [2.05, 4.69) is 21.5 Å². The molecule has 4 N–H and O–H groups in total. The van der Waals surface area contributed by atoms with Gasteiger partial charge in [0.1, 0.15) is 22.4 Å². The van der Waals surface area contributed by atoms with Crippen molar-refractivity contribution in [3.8, 4) is 0 Å². The van der Waals surface area contributed by atoms with Gasteiger partial charge < -0.3 is 16.0 Å². The highest BCUT2D eigenvalue weighted by Crippen LogP contribution is 2.28. The van der Waals surface area contributed by atoms with E-state index in [1.165, 1.54) is 0 Å². The molecule has 4 heterocycles. The van der Waals surface area contributed by atoms with Gasteiger partial charge in [-0.3, -0.25) is 14.8 Å². The van der Waals surface area contributed by atoms with Gasteiger partial charge in [0.2, 0.25) is 5.91 Å². The first-order valence-corrected chi connectivity index (χ1v) is 12.1. The molecule has 0 spiro atoms. The summed E-state index contributed by atoms with van der Waals surface area (Å²) in [5.41, 5.74) is 17.4. The fourth-order valence-corrected chi connectivity index (χ4v) is 4.57. The summed E-state index contributed by atoms with van der Waals surface area (Å²) >= 11 is 0. The van der Waals surface area contributed by atoms with Crippen molar-refractivity contribution in [3.05, 3.63) is 65.7 Å². The molecule has 0 bridgehead atoms. The number of carbonyl (C=O) groups is 1. The zero-order chi connectivity index (χ0) is 24.4. The lowest BCUT2D eigenvalue weighted by molar-refractivity contribution is 0.100. The lowest BCUT2D eigenvalue weighted by Crippen LogP contribution is -2.10. The van der Waals surface area contributed by atoms with Gasteiger partial charge in [-0.2, -0.15) is 0 Å². The molecule has 0 aliphatic heterocycles. The molecule has 35 heavy (non-hydrogen) atoms. The standard InChI is InChI=1S/C27H29N7O/c1-2-3-9-22-33-24-25(23-21(32-26(24)28)8-6-14-30-23)34(22)15-5-4-7-19-12-10-17-16-18(27(29)35)11-13-20(17)31-19/h6,8,10-14,16H,2-5,7,9,15H2,1H3,(H2,28,32)(H2,29,35). The Labute approximate surface area is 203 Å². The Morgan fingerprint density at radius 3 is 2.66 bits per heavy atom. The molecule has 0 saturated heterocycles. The molecule has 8 heteroatoms. The van der Waals surface area contributed by atoms with E-state index in [4.69, 9.17) is 21.4 Å². The third-order valence-electron chi connectivity index (χ3n) is 6.39. The lowest BCUT2D eigenvalue weighted by Gasteiger charge is -2.11. The minimum atomic E-state index is -0.429. The van der Waals surface area contributed by atoms with Crippen LogP contribution in [0.4, 0.5) is 5.82 Å². The van der Waals surface area contributed by atoms with Crippen LogP contribution in [0.25, 0.3) is 33.0 Å². The van der Waals surface area contributed by atoms with Crippen LogP contribution in [-0.4, -0.2) is 30.4 Å². The Balaban J connectivity index is 1.36. The predicted octanol–water partition coefficient (Wildman–Crippen LogP) is 4.57. The van der Waals surface area contributed by atoms with Crippen molar-refractivity contribution in [2.75, 3.05) is 5.73 Å². The number of primary amides is 1. The molecule has 178 valence electrons. The maximum absolute atomic E-state index is 11.4. The zero-order valence-corrected chi connectivity index (χ0v) is 19.9. The van der Waals surface area contributed by atoms with Crippen LogP contribution in [0.5, 0.6) is 0 Å². The SMILES string of the molecule is CCCCc1nc2c(N)nc3cccnc3c2n1CCCCc1ccc2cc(C(N)=O)ccc2n1. The smallest absolute Gasteiger partial charge is 0.248 e. The van der Waals surface area contributed by atoms with Crippen LogP contribution in [0, 0.1) is 0 Å². The van der Waals surface area contributed by atoms with Crippen LogP contribution in [0.15, 0.2) is 48.7 Å². The number of aromatic nitrogens is 5. The summed E-state index contributed by atoms with van der Waals surface area (Å²) in [4.78, 5) is 30.2. The number of hydrogen-bond donors (Lipinski definition) is 2. The second-order valence-electron chi connectivity index (χ2n) is 8.88. The van der Waals surface area contributed by atoms with Gasteiger partial charge in [-0.25, -0.2) is 9.97 Å². The molecule has 5 rings (SSSR count). The first-order chi connectivity index (χ1) is 17.0. The number of rotatable bonds is 9. The molecule has 0 radical (unpaired) electrons. The summed E-state index contributed by atoms with van der Waals surface area (Å²) in [6.07, 6.45) is 7.69. The van der Waals surface area contributed by atoms with E-state index < -0.39 is 5.91 Å². The number of hydrogen-bond acceptors (Lipinski definition) is 6. The summed E-state index contributed by atoms with van der Waals surface area (Å²) in [6.45, 7) is 3.02. The van der Waals surface area contributed by atoms with Crippen LogP contribution >= 0.6 is 0 Å². The number of pyridine rings is 3. The fraction of sp³-hybridized carbons (Fsp3) is 0.296. The first-order valence-electron chi connectivity index (χ1n) is 12.1. The first kappa shape index (κ1) is 22.7. The van der Waals surface area contributed by atoms with E-state index in [-0.39, 0.29) is 0 Å². The molecule has 0 atom stereocenters. The van der Waals surface area contributed by atoms with Gasteiger partial charge in [-0.1, -0.05) is 19.4 Å². The average Bonchev–Trinajstić information content (AvgIpc) is 3.24. The zero-order valence-electron chi connectivity index (χ0n) is 19.9. The van der Waals surface area contributed by atoms with Crippen molar-refractivity contribution in [3.63, 3.8) is 0 Å². The summed E-state index contributed by atoms with van der Waals surface area (Å²) in [6, 6.07) is 13.2. The number of aryl methyl sites for hydroxylation is 3. The van der Waals surface area contributed by atoms with E-state index in [1.807, 2.05) is 30.3 Å². The average molecular weight is 468 g/mol. The monoisotopic (exact) mass is 467 g/mol. The van der Waals surface area contributed by atoms with Crippen molar-refractivity contribution in [1.82, 2.24) is 24.5 Å². The van der Waals surface area contributed by atoms with Gasteiger partial charge in [0, 0.05) is 35.8 Å². The highest BCUT2D eigenvalue weighted by atomic mass is 16.1. The van der Waals surface area contributed by atoms with Gasteiger partial charge in [0.15, 0.2) is 5.82 Å². The van der Waals surface area contributed by atoms with Crippen molar-refractivity contribution < 1.29 is 4.79 Å². The topological polar surface area (TPSA) is 126 Å². The van der Waals surface area contributed by atoms with E-state index in [0.29, 0.717) is 11.4 Å². The lowest BCUT2D eigenvalue weighted by atomic mass is 10.1. The van der Waals surface area contributed by atoms with Gasteiger partial charge in [0.25, 0.3) is 0 Å². The third kappa shape index (κ3) is 4.51. The second-order valence-corrected chi connectivity index (χ2v) is 8.88. The van der Waals surface area contributed by atoms with Gasteiger partial charge in [-0.05, 0) is 62.1 Å². The number of imidazole rings is 1. The maximum atomic E-state index is 11.4. The molecule has 8 nitrogen and oxygen atoms in total. The third-order valence-corrected chi connectivity index (χ3v) is 6.39. The normalized spacial score (nSPS) is 11.6. The number of fused-ring (bicyclic) bond motifs is 4. The predicted molar refractivity (Wildman–Crippen MR) is 139 cm³/mol. The summed E-state index contributed by atoms with van der Waals surface area (Å²) < 4.78 is 2.29. The number of carbonyl (C=O) groups excluding carboxylic acids is 1. The number of amides is 1. The molecule has 5 aromatic rings. The molecule has 0 unspecified atom stereocenters. The largest absolute Gasteiger partial charge is 0.382 e. The molecule has 0 aliphatic rings. The highest BCUT2D eigenvalue weighted by Gasteiger charge is 2.17. The number of nitrogens with two attached hydrogens (primary N) is 2. The molecule has 1 aromatic carbocycles. The minimum Gasteiger partial charge on any atom is -0.382 e. The van der Waals surface area contributed by atoms with Gasteiger partial charge >= 0.3 is 0 Å². The summed E-state index contributed by atoms with van der Waals surface area (Å²) in [5.74, 6) is 1.07. The van der Waals surface area contributed by atoms with Gasteiger partial charge in [-0.15, -0.1) is 0 Å². The Kier molecular flexibility index (Phi) is 6.27. The van der Waals surface area contributed by atoms with Crippen molar-refractivity contribution in [1.29, 1.82) is 0 Å². The van der Waals surface area contributed by atoms with Crippen LogP contribution < -0.4 is 11.5 Å². The summed E-state index contributed by atoms with van der Waals surface area (Å²) in [5, 5.41) is 0.918. The fourth-order valence-electron chi connectivity index (χ4n) is 4.57. The van der Waals surface area contributed by atoms with Crippen LogP contribution in [0.2, 0.25) is 0 Å². The van der Waals surface area contributed by atoms with Crippen molar-refractivity contribution >= 4 is 44.7 Å². The molecular formula is C27H29N7O. The Morgan fingerprint density at radius 1 is 0.943 bits per heavy atom. The molecule has 4 aromatic heterocycles. The number of unbranched alkanes of at least 4 members (excludes halogenated alkanes) is 2. The molecular weight excluding hydrogens is 438 g/mol. The van der Waals surface area contributed by atoms with Crippen LogP contribution in [-0.2, 0) is 19.4 Å². The Hall–Kier alpha value is -4.07. The number of benzene rings is 1. The van der Waals surface area contributed by atoms with E-state index >= 15 is 0 Å². The maximum Gasteiger partial charge on any atom is 0.248 e. The van der Waals surface area contributed by atoms with E-state index in [0.717, 1.165) is 89.6 Å². The van der Waals surface area contributed by atoms with E-state index in [1.54, 1.807) is 18.3 Å². The van der Waals surface area contributed by atoms with Crippen molar-refractivity contribution in [2.24, 2.45) is 5.73 Å². The van der Waals surface area contributed by atoms with Crippen molar-refractivity contribution in [2.45, 2.75) is 52.0 Å². The Morgan fingerprint density at radius 2 is 1.83 bits per heavy atom.